The maximum absolute atomic E-state index is 13.8. The number of benzene rings is 1. The van der Waals surface area contributed by atoms with E-state index in [-0.39, 0.29) is 5.82 Å². The van der Waals surface area contributed by atoms with Crippen molar-refractivity contribution >= 4 is 39.0 Å². The average Bonchev–Trinajstić information content (AvgIpc) is 2.31. The van der Waals surface area contributed by atoms with Gasteiger partial charge in [0.25, 0.3) is 0 Å². The first-order chi connectivity index (χ1) is 8.49. The first-order valence-electron chi connectivity index (χ1n) is 5.30. The lowest BCUT2D eigenvalue weighted by atomic mass is 10.2. The van der Waals surface area contributed by atoms with Crippen LogP contribution in [0.2, 0.25) is 5.02 Å². The first kappa shape index (κ1) is 13.3. The molecule has 1 aromatic carbocycles. The normalized spacial score (nSPS) is 10.5. The molecular weight excluding hydrogens is 319 g/mol. The summed E-state index contributed by atoms with van der Waals surface area (Å²) in [6.07, 6.45) is 1.68. The molecule has 18 heavy (non-hydrogen) atoms. The van der Waals surface area contributed by atoms with Crippen LogP contribution < -0.4 is 4.90 Å². The maximum Gasteiger partial charge on any atom is 0.146 e. The highest BCUT2D eigenvalue weighted by molar-refractivity contribution is 9.10. The van der Waals surface area contributed by atoms with Gasteiger partial charge in [-0.3, -0.25) is 0 Å². The van der Waals surface area contributed by atoms with Crippen LogP contribution in [0.25, 0.3) is 0 Å². The Balaban J connectivity index is 2.47. The summed E-state index contributed by atoms with van der Waals surface area (Å²) in [7, 11) is 1.76. The molecule has 0 aliphatic carbocycles. The van der Waals surface area contributed by atoms with Crippen LogP contribution in [0, 0.1) is 12.7 Å². The zero-order valence-electron chi connectivity index (χ0n) is 9.92. The number of nitrogens with zero attached hydrogens (tertiary/aromatic N) is 2. The summed E-state index contributed by atoms with van der Waals surface area (Å²) in [4.78, 5) is 5.98. The van der Waals surface area contributed by atoms with Gasteiger partial charge in [0.1, 0.15) is 11.6 Å². The van der Waals surface area contributed by atoms with E-state index >= 15 is 0 Å². The van der Waals surface area contributed by atoms with Gasteiger partial charge in [-0.2, -0.15) is 0 Å². The third kappa shape index (κ3) is 2.65. The molecule has 1 heterocycles. The predicted molar refractivity (Wildman–Crippen MR) is 76.1 cm³/mol. The fraction of sp³-hybridized carbons (Fsp3) is 0.154. The van der Waals surface area contributed by atoms with Crippen LogP contribution in [0.4, 0.5) is 15.9 Å². The van der Waals surface area contributed by atoms with Crippen LogP contribution in [0.5, 0.6) is 0 Å². The van der Waals surface area contributed by atoms with Crippen LogP contribution in [0.15, 0.2) is 34.9 Å². The van der Waals surface area contributed by atoms with Crippen molar-refractivity contribution in [3.8, 4) is 0 Å². The molecular formula is C13H11BrClFN2. The second kappa shape index (κ2) is 5.24. The molecule has 94 valence electrons. The third-order valence-corrected chi connectivity index (χ3v) is 3.27. The Kier molecular flexibility index (Phi) is 3.88. The predicted octanol–water partition coefficient (Wildman–Crippen LogP) is 4.71. The Hall–Kier alpha value is -1.13. The number of aromatic nitrogens is 1. The number of anilines is 2. The van der Waals surface area contributed by atoms with Gasteiger partial charge in [-0.15, -0.1) is 0 Å². The number of halogens is 3. The first-order valence-corrected chi connectivity index (χ1v) is 6.47. The second-order valence-corrected chi connectivity index (χ2v) is 5.30. The summed E-state index contributed by atoms with van der Waals surface area (Å²) in [6, 6.07) is 6.39. The highest BCUT2D eigenvalue weighted by atomic mass is 79.9. The third-order valence-electron chi connectivity index (χ3n) is 2.60. The van der Waals surface area contributed by atoms with Gasteiger partial charge >= 0.3 is 0 Å². The summed E-state index contributed by atoms with van der Waals surface area (Å²) in [5.74, 6) is 0.366. The van der Waals surface area contributed by atoms with Gasteiger partial charge < -0.3 is 4.90 Å². The van der Waals surface area contributed by atoms with Crippen LogP contribution in [0.1, 0.15) is 5.56 Å². The van der Waals surface area contributed by atoms with Crippen molar-refractivity contribution < 1.29 is 4.39 Å². The van der Waals surface area contributed by atoms with E-state index in [2.05, 4.69) is 20.9 Å². The topological polar surface area (TPSA) is 16.1 Å². The van der Waals surface area contributed by atoms with E-state index in [1.807, 2.05) is 13.0 Å². The number of aryl methyl sites for hydroxylation is 1. The maximum atomic E-state index is 13.8. The van der Waals surface area contributed by atoms with Crippen molar-refractivity contribution in [3.05, 3.63) is 51.3 Å². The van der Waals surface area contributed by atoms with Crippen molar-refractivity contribution in [2.45, 2.75) is 6.92 Å². The average molecular weight is 330 g/mol. The lowest BCUT2D eigenvalue weighted by molar-refractivity contribution is 0.627. The molecule has 0 spiro atoms. The number of rotatable bonds is 2. The van der Waals surface area contributed by atoms with E-state index in [1.165, 1.54) is 12.1 Å². The highest BCUT2D eigenvalue weighted by Gasteiger charge is 2.13. The number of hydrogen-bond donors (Lipinski definition) is 0. The molecule has 0 fully saturated rings. The standard InChI is InChI=1S/C13H11BrClFN2/c1-8-5-9(14)7-17-13(8)18(2)12-6-10(15)3-4-11(12)16/h3-7H,1-2H3. The Morgan fingerprint density at radius 3 is 2.72 bits per heavy atom. The lowest BCUT2D eigenvalue weighted by Crippen LogP contribution is -2.14. The van der Waals surface area contributed by atoms with Crippen molar-refractivity contribution in [3.63, 3.8) is 0 Å². The summed E-state index contributed by atoms with van der Waals surface area (Å²) in [5.41, 5.74) is 1.35. The minimum Gasteiger partial charge on any atom is -0.327 e. The Morgan fingerprint density at radius 1 is 1.33 bits per heavy atom. The molecule has 0 radical (unpaired) electrons. The SMILES string of the molecule is Cc1cc(Br)cnc1N(C)c1cc(Cl)ccc1F. The van der Waals surface area contributed by atoms with Crippen LogP contribution in [0.3, 0.4) is 0 Å². The zero-order valence-corrected chi connectivity index (χ0v) is 12.3. The zero-order chi connectivity index (χ0) is 13.3. The Morgan fingerprint density at radius 2 is 2.06 bits per heavy atom. The summed E-state index contributed by atoms with van der Waals surface area (Å²) >= 11 is 9.24. The van der Waals surface area contributed by atoms with Crippen LogP contribution in [-0.4, -0.2) is 12.0 Å². The summed E-state index contributed by atoms with van der Waals surface area (Å²) < 4.78 is 14.7. The van der Waals surface area contributed by atoms with Gasteiger partial charge in [0.05, 0.1) is 5.69 Å². The minimum absolute atomic E-state index is 0.328. The minimum atomic E-state index is -0.328. The second-order valence-electron chi connectivity index (χ2n) is 3.95. The van der Waals surface area contributed by atoms with Crippen molar-refractivity contribution in [2.75, 3.05) is 11.9 Å². The molecule has 0 atom stereocenters. The van der Waals surface area contributed by atoms with E-state index in [9.17, 15) is 4.39 Å². The molecule has 0 unspecified atom stereocenters. The molecule has 0 amide bonds. The fourth-order valence-corrected chi connectivity index (χ4v) is 2.35. The van der Waals surface area contributed by atoms with Gasteiger partial charge in [0.15, 0.2) is 0 Å². The molecule has 2 aromatic rings. The molecule has 2 nitrogen and oxygen atoms in total. The quantitative estimate of drug-likeness (QED) is 0.793. The Labute approximate surface area is 119 Å². The van der Waals surface area contributed by atoms with Crippen molar-refractivity contribution in [1.29, 1.82) is 0 Å². The van der Waals surface area contributed by atoms with Gasteiger partial charge in [0.2, 0.25) is 0 Å². The van der Waals surface area contributed by atoms with E-state index < -0.39 is 0 Å². The lowest BCUT2D eigenvalue weighted by Gasteiger charge is -2.21. The number of pyridine rings is 1. The van der Waals surface area contributed by atoms with Gasteiger partial charge in [-0.1, -0.05) is 11.6 Å². The van der Waals surface area contributed by atoms with Crippen molar-refractivity contribution in [2.24, 2.45) is 0 Å². The molecule has 2 rings (SSSR count). The van der Waals surface area contributed by atoms with E-state index in [0.29, 0.717) is 16.5 Å². The molecule has 5 heteroatoms. The van der Waals surface area contributed by atoms with E-state index in [1.54, 1.807) is 24.2 Å². The Bertz CT molecular complexity index is 589. The largest absolute Gasteiger partial charge is 0.327 e. The summed E-state index contributed by atoms with van der Waals surface area (Å²) in [6.45, 7) is 1.92. The van der Waals surface area contributed by atoms with Gasteiger partial charge in [0, 0.05) is 22.7 Å². The molecule has 0 aliphatic rings. The molecule has 0 saturated heterocycles. The van der Waals surface area contributed by atoms with Gasteiger partial charge in [-0.25, -0.2) is 9.37 Å². The van der Waals surface area contributed by atoms with E-state index in [4.69, 9.17) is 11.6 Å². The number of hydrogen-bond acceptors (Lipinski definition) is 2. The monoisotopic (exact) mass is 328 g/mol. The molecule has 0 N–H and O–H groups in total. The fourth-order valence-electron chi connectivity index (χ4n) is 1.74. The molecule has 0 saturated carbocycles. The van der Waals surface area contributed by atoms with Crippen LogP contribution in [-0.2, 0) is 0 Å². The van der Waals surface area contributed by atoms with Crippen molar-refractivity contribution in [1.82, 2.24) is 4.98 Å². The van der Waals surface area contributed by atoms with E-state index in [0.717, 1.165) is 10.0 Å². The van der Waals surface area contributed by atoms with Crippen LogP contribution >= 0.6 is 27.5 Å². The molecule has 0 bridgehead atoms. The summed E-state index contributed by atoms with van der Waals surface area (Å²) in [5, 5.41) is 0.494. The smallest absolute Gasteiger partial charge is 0.146 e. The molecule has 1 aromatic heterocycles. The highest BCUT2D eigenvalue weighted by Crippen LogP contribution is 2.30. The molecule has 0 aliphatic heterocycles. The van der Waals surface area contributed by atoms with Gasteiger partial charge in [-0.05, 0) is 52.7 Å².